The molecule has 0 N–H and O–H groups in total. The number of benzene rings is 9. The molecule has 0 radical (unpaired) electrons. The Morgan fingerprint density at radius 2 is 0.724 bits per heavy atom. The Morgan fingerprint density at radius 3 is 1.24 bits per heavy atom. The lowest BCUT2D eigenvalue weighted by Gasteiger charge is -2.38. The van der Waals surface area contributed by atoms with Crippen molar-refractivity contribution in [3.05, 3.63) is 229 Å². The molecule has 3 nitrogen and oxygen atoms in total. The SMILES string of the molecule is c1ccc(C2(c3ccccc3)c3ccccc3-c3ccc(-n4c5ccccc5c5ccccc54)c4oc5c(-n6c7ccccc7c7ccccc76)ccc2c5c34)cc1. The molecule has 0 unspecified atom stereocenters. The Labute approximate surface area is 334 Å². The van der Waals surface area contributed by atoms with Gasteiger partial charge >= 0.3 is 0 Å². The van der Waals surface area contributed by atoms with E-state index in [9.17, 15) is 0 Å². The van der Waals surface area contributed by atoms with E-state index in [1.54, 1.807) is 0 Å². The molecule has 0 bridgehead atoms. The molecular weight excluding hydrogens is 705 g/mol. The molecule has 0 spiro atoms. The first-order valence-corrected chi connectivity index (χ1v) is 20.0. The molecule has 3 heteroatoms. The molecule has 12 aromatic rings. The average Bonchev–Trinajstić information content (AvgIpc) is 3.94. The summed E-state index contributed by atoms with van der Waals surface area (Å²) < 4.78 is 12.5. The summed E-state index contributed by atoms with van der Waals surface area (Å²) in [4.78, 5) is 0. The van der Waals surface area contributed by atoms with E-state index in [1.807, 2.05) is 0 Å². The summed E-state index contributed by atoms with van der Waals surface area (Å²) in [6, 6.07) is 75.5. The molecule has 0 fully saturated rings. The number of para-hydroxylation sites is 4. The van der Waals surface area contributed by atoms with Crippen molar-refractivity contribution >= 4 is 65.6 Å². The van der Waals surface area contributed by atoms with Crippen molar-refractivity contribution in [3.63, 3.8) is 0 Å². The van der Waals surface area contributed by atoms with Gasteiger partial charge in [0, 0.05) is 32.3 Å². The number of furan rings is 1. The van der Waals surface area contributed by atoms with Crippen LogP contribution in [0.25, 0.3) is 88.1 Å². The third-order valence-corrected chi connectivity index (χ3v) is 12.8. The summed E-state index contributed by atoms with van der Waals surface area (Å²) in [7, 11) is 0. The minimum Gasteiger partial charge on any atom is -0.452 e. The van der Waals surface area contributed by atoms with Gasteiger partial charge in [-0.05, 0) is 69.8 Å². The van der Waals surface area contributed by atoms with Gasteiger partial charge in [0.05, 0.1) is 38.9 Å². The average molecular weight is 739 g/mol. The summed E-state index contributed by atoms with van der Waals surface area (Å²) in [5, 5.41) is 7.15. The van der Waals surface area contributed by atoms with Crippen molar-refractivity contribution < 1.29 is 4.42 Å². The second-order valence-corrected chi connectivity index (χ2v) is 15.5. The van der Waals surface area contributed by atoms with E-state index in [1.165, 1.54) is 54.9 Å². The third kappa shape index (κ3) is 3.97. The van der Waals surface area contributed by atoms with Crippen molar-refractivity contribution in [3.8, 4) is 22.5 Å². The molecule has 0 saturated heterocycles. The molecule has 58 heavy (non-hydrogen) atoms. The summed E-state index contributed by atoms with van der Waals surface area (Å²) >= 11 is 0. The van der Waals surface area contributed by atoms with Crippen LogP contribution in [0.5, 0.6) is 0 Å². The quantitative estimate of drug-likeness (QED) is 0.176. The highest BCUT2D eigenvalue weighted by Crippen LogP contribution is 2.57. The van der Waals surface area contributed by atoms with E-state index in [2.05, 4.69) is 215 Å². The zero-order valence-corrected chi connectivity index (χ0v) is 31.4. The summed E-state index contributed by atoms with van der Waals surface area (Å²) in [6.45, 7) is 0. The Bertz CT molecular complexity index is 3480. The van der Waals surface area contributed by atoms with E-state index < -0.39 is 5.41 Å². The summed E-state index contributed by atoms with van der Waals surface area (Å²) in [6.07, 6.45) is 0. The van der Waals surface area contributed by atoms with Crippen LogP contribution in [0.4, 0.5) is 0 Å². The van der Waals surface area contributed by atoms with Gasteiger partial charge in [0.2, 0.25) is 0 Å². The maximum absolute atomic E-state index is 7.65. The van der Waals surface area contributed by atoms with Crippen LogP contribution < -0.4 is 0 Å². The minimum absolute atomic E-state index is 0.667. The molecule has 13 rings (SSSR count). The van der Waals surface area contributed by atoms with E-state index in [0.29, 0.717) is 0 Å². The molecular formula is C55H34N2O. The van der Waals surface area contributed by atoms with E-state index in [0.717, 1.165) is 55.4 Å². The topological polar surface area (TPSA) is 23.0 Å². The van der Waals surface area contributed by atoms with E-state index >= 15 is 0 Å². The largest absolute Gasteiger partial charge is 0.452 e. The van der Waals surface area contributed by atoms with Crippen LogP contribution in [-0.2, 0) is 5.41 Å². The van der Waals surface area contributed by atoms with E-state index in [-0.39, 0.29) is 0 Å². The maximum Gasteiger partial charge on any atom is 0.160 e. The first-order chi connectivity index (χ1) is 28.8. The Morgan fingerprint density at radius 1 is 0.310 bits per heavy atom. The Hall–Kier alpha value is -7.62. The van der Waals surface area contributed by atoms with Gasteiger partial charge in [-0.2, -0.15) is 0 Å². The third-order valence-electron chi connectivity index (χ3n) is 12.8. The predicted octanol–water partition coefficient (Wildman–Crippen LogP) is 14.1. The lowest BCUT2D eigenvalue weighted by atomic mass is 9.64. The van der Waals surface area contributed by atoms with Gasteiger partial charge in [-0.15, -0.1) is 0 Å². The number of aromatic nitrogens is 2. The number of hydrogen-bond acceptors (Lipinski definition) is 1. The van der Waals surface area contributed by atoms with Crippen molar-refractivity contribution in [1.29, 1.82) is 0 Å². The fraction of sp³-hybridized carbons (Fsp3) is 0.0182. The van der Waals surface area contributed by atoms with Crippen LogP contribution in [0, 0.1) is 0 Å². The van der Waals surface area contributed by atoms with Crippen molar-refractivity contribution in [2.75, 3.05) is 0 Å². The standard InChI is InChI=1S/C55H34N2O/c1-3-17-35(18-4-1)55(36-19-5-2-6-20-36)43-26-12-7-21-37(43)42-31-33-49(56-45-27-13-8-22-38(45)39-23-9-14-28-46(39)56)53-51(42)52-44(55)32-34-50(54(52)58-53)57-47-29-15-10-24-40(47)41-25-11-16-30-48(41)57/h1-34H. The van der Waals surface area contributed by atoms with Crippen molar-refractivity contribution in [2.45, 2.75) is 5.41 Å². The van der Waals surface area contributed by atoms with Crippen LogP contribution >= 0.6 is 0 Å². The monoisotopic (exact) mass is 738 g/mol. The molecule has 3 heterocycles. The normalized spacial score (nSPS) is 13.3. The van der Waals surface area contributed by atoms with Gasteiger partial charge < -0.3 is 13.6 Å². The van der Waals surface area contributed by atoms with Gasteiger partial charge in [-0.1, -0.05) is 170 Å². The van der Waals surface area contributed by atoms with Crippen molar-refractivity contribution in [2.24, 2.45) is 0 Å². The van der Waals surface area contributed by atoms with E-state index in [4.69, 9.17) is 4.42 Å². The molecule has 270 valence electrons. The summed E-state index contributed by atoms with van der Waals surface area (Å²) in [5.41, 5.74) is 15.0. The second-order valence-electron chi connectivity index (χ2n) is 15.5. The van der Waals surface area contributed by atoms with Gasteiger partial charge in [0.15, 0.2) is 11.2 Å². The number of hydrogen-bond donors (Lipinski definition) is 0. The Balaban J connectivity index is 1.28. The second kappa shape index (κ2) is 11.7. The molecule has 0 atom stereocenters. The maximum atomic E-state index is 7.65. The molecule has 0 saturated carbocycles. The fourth-order valence-corrected chi connectivity index (χ4v) is 10.6. The predicted molar refractivity (Wildman–Crippen MR) is 240 cm³/mol. The number of fused-ring (bicyclic) bond motifs is 8. The van der Waals surface area contributed by atoms with Crippen LogP contribution in [0.1, 0.15) is 22.3 Å². The summed E-state index contributed by atoms with van der Waals surface area (Å²) in [5.74, 6) is 0. The number of rotatable bonds is 4. The molecule has 0 aliphatic heterocycles. The van der Waals surface area contributed by atoms with Crippen LogP contribution in [0.3, 0.4) is 0 Å². The molecule has 3 aromatic heterocycles. The van der Waals surface area contributed by atoms with Gasteiger partial charge in [0.1, 0.15) is 0 Å². The van der Waals surface area contributed by atoms with Gasteiger partial charge in [0.25, 0.3) is 0 Å². The smallest absolute Gasteiger partial charge is 0.160 e. The first-order valence-electron chi connectivity index (χ1n) is 20.0. The molecule has 1 aliphatic carbocycles. The highest BCUT2D eigenvalue weighted by molar-refractivity contribution is 6.21. The lowest BCUT2D eigenvalue weighted by Crippen LogP contribution is -2.31. The minimum atomic E-state index is -0.667. The highest BCUT2D eigenvalue weighted by Gasteiger charge is 2.44. The number of nitrogens with zero attached hydrogens (tertiary/aromatic N) is 2. The van der Waals surface area contributed by atoms with Crippen molar-refractivity contribution in [1.82, 2.24) is 9.13 Å². The van der Waals surface area contributed by atoms with Crippen LogP contribution in [-0.4, -0.2) is 9.13 Å². The molecule has 0 amide bonds. The molecule has 9 aromatic carbocycles. The van der Waals surface area contributed by atoms with Gasteiger partial charge in [-0.3, -0.25) is 0 Å². The van der Waals surface area contributed by atoms with Crippen LogP contribution in [0.2, 0.25) is 0 Å². The lowest BCUT2D eigenvalue weighted by molar-refractivity contribution is 0.662. The van der Waals surface area contributed by atoms with Gasteiger partial charge in [-0.25, -0.2) is 0 Å². The highest BCUT2D eigenvalue weighted by atomic mass is 16.3. The van der Waals surface area contributed by atoms with Crippen LogP contribution in [0.15, 0.2) is 211 Å². The fourth-order valence-electron chi connectivity index (χ4n) is 10.6. The first kappa shape index (κ1) is 31.6. The zero-order chi connectivity index (χ0) is 38.0. The molecule has 1 aliphatic rings. The Kier molecular flexibility index (Phi) is 6.37. The zero-order valence-electron chi connectivity index (χ0n) is 31.4.